The molecule has 2 aromatic carbocycles. The molecule has 3 aromatic rings. The highest BCUT2D eigenvalue weighted by Crippen LogP contribution is 2.47. The van der Waals surface area contributed by atoms with Gasteiger partial charge in [-0.05, 0) is 53.8 Å². The molecule has 2 aliphatic rings. The number of likely N-dealkylation sites (tertiary alicyclic amines) is 1. The van der Waals surface area contributed by atoms with E-state index in [0.717, 1.165) is 16.8 Å². The van der Waals surface area contributed by atoms with Crippen LogP contribution in [0.4, 0.5) is 15.8 Å². The summed E-state index contributed by atoms with van der Waals surface area (Å²) in [5.74, 6) is -1.18. The number of nitriles is 1. The van der Waals surface area contributed by atoms with E-state index in [1.807, 2.05) is 44.2 Å². The van der Waals surface area contributed by atoms with E-state index in [1.54, 1.807) is 41.4 Å². The molecular weight excluding hydrogens is 493 g/mol. The summed E-state index contributed by atoms with van der Waals surface area (Å²) in [6.45, 7) is 4.21. The Hall–Kier alpha value is -4.51. The number of fused-ring (bicyclic) bond motifs is 2. The molecule has 3 N–H and O–H groups in total. The van der Waals surface area contributed by atoms with Crippen LogP contribution in [0.3, 0.4) is 0 Å². The summed E-state index contributed by atoms with van der Waals surface area (Å²) in [5, 5.41) is 12.9. The summed E-state index contributed by atoms with van der Waals surface area (Å²) >= 11 is 0. The third-order valence-corrected chi connectivity index (χ3v) is 7.62. The maximum atomic E-state index is 14.1. The van der Waals surface area contributed by atoms with Crippen molar-refractivity contribution in [3.05, 3.63) is 89.0 Å². The van der Waals surface area contributed by atoms with Gasteiger partial charge in [0.1, 0.15) is 11.9 Å². The first-order valence-electron chi connectivity index (χ1n) is 13.0. The van der Waals surface area contributed by atoms with E-state index in [2.05, 4.69) is 16.4 Å². The molecule has 39 heavy (non-hydrogen) atoms. The standard InChI is InChI=1S/C31H30FN5O2/c1-19(2)14-23(27-13-11-20(17-35-27)10-12-22-25(32)7-5-8-26(22)34)29(38)37-18-31(15-21(37)16-33)24-6-3-4-9-28(24)36-30(31)39/h3-13,17,19,21,23H,14-15,18,34H2,1-2H3,(H,36,39)/b12-10+/t21?,23?,31-/m0/s1. The van der Waals surface area contributed by atoms with Gasteiger partial charge in [-0.2, -0.15) is 5.26 Å². The molecule has 3 heterocycles. The number of rotatable bonds is 6. The van der Waals surface area contributed by atoms with Crippen molar-refractivity contribution in [1.29, 1.82) is 5.26 Å². The topological polar surface area (TPSA) is 112 Å². The van der Waals surface area contributed by atoms with Gasteiger partial charge in [-0.1, -0.05) is 50.3 Å². The lowest BCUT2D eigenvalue weighted by molar-refractivity contribution is -0.133. The highest BCUT2D eigenvalue weighted by atomic mass is 19.1. The van der Waals surface area contributed by atoms with Gasteiger partial charge in [0.2, 0.25) is 11.8 Å². The van der Waals surface area contributed by atoms with Gasteiger partial charge in [0, 0.05) is 36.1 Å². The number of carbonyl (C=O) groups excluding carboxylic acids is 2. The molecular formula is C31H30FN5O2. The second kappa shape index (κ2) is 10.3. The number of nitrogens with one attached hydrogen (secondary N) is 1. The molecule has 198 valence electrons. The number of anilines is 2. The highest BCUT2D eigenvalue weighted by molar-refractivity contribution is 6.07. The molecule has 2 aliphatic heterocycles. The fourth-order valence-corrected chi connectivity index (χ4v) is 5.64. The Bertz CT molecular complexity index is 1470. The number of amides is 2. The molecule has 1 fully saturated rings. The third-order valence-electron chi connectivity index (χ3n) is 7.62. The smallest absolute Gasteiger partial charge is 0.237 e. The number of hydrogen-bond acceptors (Lipinski definition) is 5. The molecule has 0 radical (unpaired) electrons. The molecule has 2 amide bonds. The molecule has 8 heteroatoms. The Morgan fingerprint density at radius 3 is 2.72 bits per heavy atom. The minimum Gasteiger partial charge on any atom is -0.398 e. The fraction of sp³-hybridized carbons (Fsp3) is 0.290. The van der Waals surface area contributed by atoms with Crippen LogP contribution in [-0.2, 0) is 15.0 Å². The minimum absolute atomic E-state index is 0.145. The predicted octanol–water partition coefficient (Wildman–Crippen LogP) is 5.12. The zero-order chi connectivity index (χ0) is 27.7. The lowest BCUT2D eigenvalue weighted by Gasteiger charge is -2.27. The van der Waals surface area contributed by atoms with Crippen molar-refractivity contribution in [2.75, 3.05) is 17.6 Å². The second-order valence-corrected chi connectivity index (χ2v) is 10.7. The van der Waals surface area contributed by atoms with Gasteiger partial charge in [0.05, 0.1) is 23.1 Å². The van der Waals surface area contributed by atoms with Crippen molar-refractivity contribution < 1.29 is 14.0 Å². The Morgan fingerprint density at radius 2 is 2.03 bits per heavy atom. The molecule has 2 unspecified atom stereocenters. The normalized spacial score (nSPS) is 20.8. The monoisotopic (exact) mass is 523 g/mol. The van der Waals surface area contributed by atoms with Crippen molar-refractivity contribution in [2.45, 2.75) is 44.1 Å². The summed E-state index contributed by atoms with van der Waals surface area (Å²) in [7, 11) is 0. The number of aromatic nitrogens is 1. The van der Waals surface area contributed by atoms with Gasteiger partial charge >= 0.3 is 0 Å². The van der Waals surface area contributed by atoms with Crippen molar-refractivity contribution in [2.24, 2.45) is 5.92 Å². The van der Waals surface area contributed by atoms with Crippen molar-refractivity contribution in [3.63, 3.8) is 0 Å². The van der Waals surface area contributed by atoms with Crippen LogP contribution in [0.15, 0.2) is 60.8 Å². The molecule has 0 aliphatic carbocycles. The van der Waals surface area contributed by atoms with Gasteiger partial charge in [0.25, 0.3) is 0 Å². The Morgan fingerprint density at radius 1 is 1.23 bits per heavy atom. The van der Waals surface area contributed by atoms with Gasteiger partial charge in [-0.15, -0.1) is 0 Å². The number of para-hydroxylation sites is 1. The molecule has 7 nitrogen and oxygen atoms in total. The first-order valence-corrected chi connectivity index (χ1v) is 13.0. The van der Waals surface area contributed by atoms with Crippen LogP contribution in [-0.4, -0.2) is 34.3 Å². The Balaban J connectivity index is 1.41. The van der Waals surface area contributed by atoms with Crippen molar-refractivity contribution in [1.82, 2.24) is 9.88 Å². The third kappa shape index (κ3) is 4.76. The quantitative estimate of drug-likeness (QED) is 0.436. The number of pyridine rings is 1. The average Bonchev–Trinajstić information content (AvgIpc) is 3.45. The zero-order valence-electron chi connectivity index (χ0n) is 21.9. The van der Waals surface area contributed by atoms with Crippen molar-refractivity contribution in [3.8, 4) is 6.07 Å². The Labute approximate surface area is 227 Å². The number of hydrogen-bond donors (Lipinski definition) is 2. The van der Waals surface area contributed by atoms with E-state index in [9.17, 15) is 19.2 Å². The van der Waals surface area contributed by atoms with E-state index >= 15 is 0 Å². The van der Waals surface area contributed by atoms with E-state index in [1.165, 1.54) is 6.07 Å². The summed E-state index contributed by atoms with van der Waals surface area (Å²) in [5.41, 5.74) is 8.47. The molecule has 5 rings (SSSR count). The van der Waals surface area contributed by atoms with Crippen LogP contribution >= 0.6 is 0 Å². The lowest BCUT2D eigenvalue weighted by Crippen LogP contribution is -2.42. The van der Waals surface area contributed by atoms with Crippen LogP contribution in [0.1, 0.15) is 55.0 Å². The molecule has 0 bridgehead atoms. The number of nitrogens with two attached hydrogens (primary N) is 1. The molecule has 1 aromatic heterocycles. The lowest BCUT2D eigenvalue weighted by atomic mass is 9.80. The number of nitrogen functional groups attached to an aromatic ring is 1. The van der Waals surface area contributed by atoms with Crippen molar-refractivity contribution >= 4 is 35.3 Å². The van der Waals surface area contributed by atoms with Crippen LogP contribution < -0.4 is 11.1 Å². The summed E-state index contributed by atoms with van der Waals surface area (Å²) in [4.78, 5) is 33.3. The zero-order valence-corrected chi connectivity index (χ0v) is 21.9. The second-order valence-electron chi connectivity index (χ2n) is 10.7. The number of halogens is 1. The van der Waals surface area contributed by atoms with Crippen LogP contribution in [0.25, 0.3) is 12.2 Å². The fourth-order valence-electron chi connectivity index (χ4n) is 5.64. The first-order chi connectivity index (χ1) is 18.7. The maximum Gasteiger partial charge on any atom is 0.237 e. The molecule has 1 spiro atoms. The van der Waals surface area contributed by atoms with Crippen LogP contribution in [0.5, 0.6) is 0 Å². The first kappa shape index (κ1) is 26.1. The van der Waals surface area contributed by atoms with Gasteiger partial charge < -0.3 is 16.0 Å². The predicted molar refractivity (Wildman–Crippen MR) is 149 cm³/mol. The van der Waals surface area contributed by atoms with Gasteiger partial charge in [0.15, 0.2) is 0 Å². The number of benzene rings is 2. The van der Waals surface area contributed by atoms with E-state index in [-0.39, 0.29) is 30.7 Å². The van der Waals surface area contributed by atoms with Crippen LogP contribution in [0.2, 0.25) is 0 Å². The minimum atomic E-state index is -0.939. The number of carbonyl (C=O) groups is 2. The van der Waals surface area contributed by atoms with E-state index in [4.69, 9.17) is 5.73 Å². The largest absolute Gasteiger partial charge is 0.398 e. The Kier molecular flexibility index (Phi) is 6.92. The number of nitrogens with zero attached hydrogens (tertiary/aromatic N) is 3. The SMILES string of the molecule is CC(C)CC(C(=O)N1C[C@]2(CC1C#N)C(=O)Nc1ccccc12)c1ccc(/C=C/c2c(N)cccc2F)cn1. The van der Waals surface area contributed by atoms with Crippen LogP contribution in [0, 0.1) is 23.1 Å². The molecule has 0 saturated carbocycles. The molecule has 3 atom stereocenters. The summed E-state index contributed by atoms with van der Waals surface area (Å²) in [6, 6.07) is 17.2. The maximum absolute atomic E-state index is 14.1. The van der Waals surface area contributed by atoms with Gasteiger partial charge in [-0.25, -0.2) is 4.39 Å². The summed E-state index contributed by atoms with van der Waals surface area (Å²) < 4.78 is 14.1. The average molecular weight is 524 g/mol. The summed E-state index contributed by atoms with van der Waals surface area (Å²) in [6.07, 6.45) is 5.75. The van der Waals surface area contributed by atoms with E-state index < -0.39 is 23.2 Å². The van der Waals surface area contributed by atoms with Gasteiger partial charge in [-0.3, -0.25) is 14.6 Å². The van der Waals surface area contributed by atoms with E-state index in [0.29, 0.717) is 23.4 Å². The molecule has 1 saturated heterocycles. The highest BCUT2D eigenvalue weighted by Gasteiger charge is 2.56.